The summed E-state index contributed by atoms with van der Waals surface area (Å²) in [5.41, 5.74) is -0.243. The summed E-state index contributed by atoms with van der Waals surface area (Å²) in [5, 5.41) is 0. The van der Waals surface area contributed by atoms with Crippen molar-refractivity contribution in [3.63, 3.8) is 0 Å². The highest BCUT2D eigenvalue weighted by Gasteiger charge is 2.55. The fourth-order valence-electron chi connectivity index (χ4n) is 4.07. The molecule has 2 aliphatic rings. The number of amides is 1. The van der Waals surface area contributed by atoms with Crippen molar-refractivity contribution in [3.05, 3.63) is 12.7 Å². The highest BCUT2D eigenvalue weighted by molar-refractivity contribution is 5.86. The standard InChI is InChI=1S/C19H31NO4/c1-6-7-8-9-10-13(2)17(21)20-12-15-14(11-19(3,4)24-15)16(20)18(22)23-5/h6,13-16H,1,7-12H2,2-5H3/t13?,14-,15?,16-/m0/s1. The first-order valence-corrected chi connectivity index (χ1v) is 8.97. The molecule has 2 unspecified atom stereocenters. The number of carbonyl (C=O) groups excluding carboxylic acids is 2. The summed E-state index contributed by atoms with van der Waals surface area (Å²) in [7, 11) is 1.39. The normalized spacial score (nSPS) is 29.2. The van der Waals surface area contributed by atoms with Crippen molar-refractivity contribution in [1.82, 2.24) is 4.90 Å². The zero-order valence-electron chi connectivity index (χ0n) is 15.4. The van der Waals surface area contributed by atoms with E-state index in [-0.39, 0.29) is 35.4 Å². The fourth-order valence-corrected chi connectivity index (χ4v) is 4.07. The molecular weight excluding hydrogens is 306 g/mol. The molecule has 0 saturated carbocycles. The third kappa shape index (κ3) is 4.00. The summed E-state index contributed by atoms with van der Waals surface area (Å²) < 4.78 is 11.0. The minimum absolute atomic E-state index is 0.0318. The van der Waals surface area contributed by atoms with Gasteiger partial charge in [-0.1, -0.05) is 19.4 Å². The summed E-state index contributed by atoms with van der Waals surface area (Å²) in [5.74, 6) is -0.339. The van der Waals surface area contributed by atoms with Crippen LogP contribution in [0.5, 0.6) is 0 Å². The lowest BCUT2D eigenvalue weighted by Gasteiger charge is -2.30. The molecule has 5 heteroatoms. The van der Waals surface area contributed by atoms with Crippen molar-refractivity contribution in [2.75, 3.05) is 13.7 Å². The van der Waals surface area contributed by atoms with Gasteiger partial charge in [-0.25, -0.2) is 4.79 Å². The number of rotatable bonds is 7. The molecule has 0 aliphatic carbocycles. The van der Waals surface area contributed by atoms with Crippen molar-refractivity contribution in [2.24, 2.45) is 11.8 Å². The van der Waals surface area contributed by atoms with Gasteiger partial charge in [0.15, 0.2) is 0 Å². The van der Waals surface area contributed by atoms with Crippen LogP contribution in [-0.2, 0) is 19.1 Å². The molecule has 0 spiro atoms. The lowest BCUT2D eigenvalue weighted by Crippen LogP contribution is -2.46. The lowest BCUT2D eigenvalue weighted by molar-refractivity contribution is -0.154. The maximum absolute atomic E-state index is 12.9. The maximum atomic E-state index is 12.9. The highest BCUT2D eigenvalue weighted by atomic mass is 16.5. The quantitative estimate of drug-likeness (QED) is 0.407. The number of likely N-dealkylation sites (tertiary alicyclic amines) is 1. The van der Waals surface area contributed by atoms with E-state index < -0.39 is 6.04 Å². The molecule has 1 amide bonds. The van der Waals surface area contributed by atoms with E-state index in [1.807, 2.05) is 26.8 Å². The van der Waals surface area contributed by atoms with E-state index in [4.69, 9.17) is 9.47 Å². The van der Waals surface area contributed by atoms with Crippen LogP contribution in [0.25, 0.3) is 0 Å². The number of unbranched alkanes of at least 4 members (excludes halogenated alkanes) is 2. The summed E-state index contributed by atoms with van der Waals surface area (Å²) in [6.45, 7) is 10.2. The first-order chi connectivity index (χ1) is 11.3. The van der Waals surface area contributed by atoms with Crippen LogP contribution in [0, 0.1) is 11.8 Å². The maximum Gasteiger partial charge on any atom is 0.328 e. The van der Waals surface area contributed by atoms with E-state index in [2.05, 4.69) is 6.58 Å². The zero-order valence-corrected chi connectivity index (χ0v) is 15.4. The summed E-state index contributed by atoms with van der Waals surface area (Å²) in [6.07, 6.45) is 6.45. The summed E-state index contributed by atoms with van der Waals surface area (Å²) in [6, 6.07) is -0.509. The second-order valence-electron chi connectivity index (χ2n) is 7.72. The van der Waals surface area contributed by atoms with Crippen molar-refractivity contribution in [1.29, 1.82) is 0 Å². The van der Waals surface area contributed by atoms with Gasteiger partial charge in [0.1, 0.15) is 6.04 Å². The molecule has 5 nitrogen and oxygen atoms in total. The van der Waals surface area contributed by atoms with Crippen LogP contribution in [-0.4, -0.2) is 48.2 Å². The molecule has 0 bridgehead atoms. The van der Waals surface area contributed by atoms with Gasteiger partial charge in [0, 0.05) is 18.4 Å². The molecule has 2 heterocycles. The number of hydrogen-bond acceptors (Lipinski definition) is 4. The highest BCUT2D eigenvalue weighted by Crippen LogP contribution is 2.43. The Kier molecular flexibility index (Phi) is 6.07. The molecule has 2 saturated heterocycles. The molecule has 2 fully saturated rings. The Labute approximate surface area is 145 Å². The fraction of sp³-hybridized carbons (Fsp3) is 0.789. The number of methoxy groups -OCH3 is 1. The van der Waals surface area contributed by atoms with Crippen LogP contribution in [0.1, 0.15) is 52.9 Å². The van der Waals surface area contributed by atoms with Crippen LogP contribution >= 0.6 is 0 Å². The van der Waals surface area contributed by atoms with E-state index in [1.54, 1.807) is 4.90 Å². The van der Waals surface area contributed by atoms with Gasteiger partial charge in [0.2, 0.25) is 5.91 Å². The Morgan fingerprint density at radius 3 is 2.75 bits per heavy atom. The number of ether oxygens (including phenoxy) is 2. The average Bonchev–Trinajstić information content (AvgIpc) is 3.01. The number of esters is 1. The molecule has 0 N–H and O–H groups in total. The molecule has 0 aromatic heterocycles. The number of allylic oxidation sites excluding steroid dienone is 1. The van der Waals surface area contributed by atoms with Gasteiger partial charge in [-0.2, -0.15) is 0 Å². The van der Waals surface area contributed by atoms with Gasteiger partial charge in [0.05, 0.1) is 18.8 Å². The Morgan fingerprint density at radius 1 is 1.42 bits per heavy atom. The van der Waals surface area contributed by atoms with Crippen LogP contribution < -0.4 is 0 Å². The Bertz CT molecular complexity index is 488. The van der Waals surface area contributed by atoms with Gasteiger partial charge >= 0.3 is 5.97 Å². The van der Waals surface area contributed by atoms with Gasteiger partial charge < -0.3 is 14.4 Å². The molecule has 0 aromatic rings. The third-order valence-corrected chi connectivity index (χ3v) is 5.24. The molecule has 0 aromatic carbocycles. The van der Waals surface area contributed by atoms with Crippen molar-refractivity contribution in [2.45, 2.75) is 70.6 Å². The van der Waals surface area contributed by atoms with E-state index in [9.17, 15) is 9.59 Å². The van der Waals surface area contributed by atoms with Crippen molar-refractivity contribution < 1.29 is 19.1 Å². The molecular formula is C19H31NO4. The van der Waals surface area contributed by atoms with Gasteiger partial charge in [-0.15, -0.1) is 6.58 Å². The van der Waals surface area contributed by atoms with E-state index in [0.29, 0.717) is 6.54 Å². The molecule has 136 valence electrons. The molecule has 2 rings (SSSR count). The number of hydrogen-bond donors (Lipinski definition) is 0. The second kappa shape index (κ2) is 7.68. The first kappa shape index (κ1) is 19.0. The average molecular weight is 337 g/mol. The second-order valence-corrected chi connectivity index (χ2v) is 7.72. The van der Waals surface area contributed by atoms with Crippen LogP contribution in [0.2, 0.25) is 0 Å². The molecule has 4 atom stereocenters. The smallest absolute Gasteiger partial charge is 0.328 e. The summed E-state index contributed by atoms with van der Waals surface area (Å²) in [4.78, 5) is 26.9. The van der Waals surface area contributed by atoms with E-state index in [0.717, 1.165) is 32.1 Å². The van der Waals surface area contributed by atoms with E-state index in [1.165, 1.54) is 7.11 Å². The summed E-state index contributed by atoms with van der Waals surface area (Å²) >= 11 is 0. The minimum Gasteiger partial charge on any atom is -0.467 e. The number of nitrogens with zero attached hydrogens (tertiary/aromatic N) is 1. The SMILES string of the molecule is C=CCCCCC(C)C(=O)N1CC2OC(C)(C)C[C@@H]2[C@H]1C(=O)OC. The van der Waals surface area contributed by atoms with Crippen LogP contribution in [0.15, 0.2) is 12.7 Å². The lowest BCUT2D eigenvalue weighted by atomic mass is 9.90. The third-order valence-electron chi connectivity index (χ3n) is 5.24. The number of carbonyl (C=O) groups is 2. The Balaban J connectivity index is 2.04. The van der Waals surface area contributed by atoms with Gasteiger partial charge in [-0.3, -0.25) is 4.79 Å². The Morgan fingerprint density at radius 2 is 2.12 bits per heavy atom. The van der Waals surface area contributed by atoms with Gasteiger partial charge in [-0.05, 0) is 39.5 Å². The largest absolute Gasteiger partial charge is 0.467 e. The van der Waals surface area contributed by atoms with Crippen molar-refractivity contribution >= 4 is 11.9 Å². The van der Waals surface area contributed by atoms with Gasteiger partial charge in [0.25, 0.3) is 0 Å². The topological polar surface area (TPSA) is 55.8 Å². The first-order valence-electron chi connectivity index (χ1n) is 8.97. The zero-order chi connectivity index (χ0) is 17.9. The number of fused-ring (bicyclic) bond motifs is 1. The van der Waals surface area contributed by atoms with E-state index >= 15 is 0 Å². The predicted molar refractivity (Wildman–Crippen MR) is 92.4 cm³/mol. The van der Waals surface area contributed by atoms with Crippen LogP contribution in [0.4, 0.5) is 0 Å². The molecule has 2 aliphatic heterocycles. The van der Waals surface area contributed by atoms with Crippen molar-refractivity contribution in [3.8, 4) is 0 Å². The molecule has 24 heavy (non-hydrogen) atoms. The minimum atomic E-state index is -0.509. The van der Waals surface area contributed by atoms with Crippen LogP contribution in [0.3, 0.4) is 0 Å². The molecule has 0 radical (unpaired) electrons. The monoisotopic (exact) mass is 337 g/mol. The Hall–Kier alpha value is -1.36. The predicted octanol–water partition coefficient (Wildman–Crippen LogP) is 2.94.